The van der Waals surface area contributed by atoms with Crippen molar-refractivity contribution in [2.24, 2.45) is 29.6 Å². The molecule has 0 spiro atoms. The van der Waals surface area contributed by atoms with Gasteiger partial charge in [0.1, 0.15) is 0 Å². The maximum absolute atomic E-state index is 10.8. The zero-order chi connectivity index (χ0) is 29.0. The topological polar surface area (TPSA) is 74.6 Å². The fourth-order valence-electron chi connectivity index (χ4n) is 7.41. The number of hydrogen-bond donors (Lipinski definition) is 2. The van der Waals surface area contributed by atoms with Crippen LogP contribution in [0, 0.1) is 29.6 Å². The highest BCUT2D eigenvalue weighted by atomic mass is 16.4. The smallest absolute Gasteiger partial charge is 0.303 e. The molecule has 0 saturated heterocycles. The summed E-state index contributed by atoms with van der Waals surface area (Å²) in [6.45, 7) is 4.63. The molecule has 0 aromatic heterocycles. The summed E-state index contributed by atoms with van der Waals surface area (Å²) in [5.74, 6) is 2.33. The van der Waals surface area contributed by atoms with E-state index in [9.17, 15) is 9.59 Å². The third-order valence-electron chi connectivity index (χ3n) is 9.71. The average molecular weight is 559 g/mol. The molecule has 2 N–H and O–H groups in total. The first kappa shape index (κ1) is 34.6. The number of allylic oxidation sites excluding steroid dienone is 4. The Kier molecular flexibility index (Phi) is 18.3. The fourth-order valence-corrected chi connectivity index (χ4v) is 7.41. The molecule has 5 unspecified atom stereocenters. The van der Waals surface area contributed by atoms with Crippen molar-refractivity contribution in [3.8, 4) is 0 Å². The zero-order valence-electron chi connectivity index (χ0n) is 26.1. The van der Waals surface area contributed by atoms with Gasteiger partial charge in [0.25, 0.3) is 0 Å². The molecule has 2 aliphatic rings. The van der Waals surface area contributed by atoms with Crippen LogP contribution in [-0.2, 0) is 9.59 Å². The lowest BCUT2D eigenvalue weighted by molar-refractivity contribution is -0.138. The van der Waals surface area contributed by atoms with Gasteiger partial charge in [-0.25, -0.2) is 0 Å². The van der Waals surface area contributed by atoms with E-state index in [1.165, 1.54) is 96.3 Å². The molecule has 0 heterocycles. The van der Waals surface area contributed by atoms with Crippen LogP contribution in [0.3, 0.4) is 0 Å². The predicted octanol–water partition coefficient (Wildman–Crippen LogP) is 10.8. The largest absolute Gasteiger partial charge is 0.481 e. The van der Waals surface area contributed by atoms with E-state index < -0.39 is 11.9 Å². The first-order valence-electron chi connectivity index (χ1n) is 17.3. The maximum Gasteiger partial charge on any atom is 0.303 e. The zero-order valence-corrected chi connectivity index (χ0v) is 26.1. The molecule has 0 aromatic carbocycles. The van der Waals surface area contributed by atoms with Crippen molar-refractivity contribution < 1.29 is 19.8 Å². The first-order chi connectivity index (χ1) is 19.5. The molecular weight excluding hydrogens is 496 g/mol. The highest BCUT2D eigenvalue weighted by Gasteiger charge is 2.38. The molecule has 0 radical (unpaired) electrons. The summed E-state index contributed by atoms with van der Waals surface area (Å²) < 4.78 is 0. The number of unbranched alkanes of at least 4 members (excludes halogenated alkanes) is 12. The average Bonchev–Trinajstić information content (AvgIpc) is 2.92. The Morgan fingerprint density at radius 2 is 1.23 bits per heavy atom. The number of carboxylic acids is 2. The highest BCUT2D eigenvalue weighted by Crippen LogP contribution is 2.48. The molecule has 4 nitrogen and oxygen atoms in total. The SMILES string of the molecule is CCCCCC1C=CC2CC(CCCCCCCC(=O)O)C(CCCCCCCC(=O)O)=CC2C1CCCCC. The molecule has 0 amide bonds. The van der Waals surface area contributed by atoms with Crippen LogP contribution in [0.5, 0.6) is 0 Å². The summed E-state index contributed by atoms with van der Waals surface area (Å²) in [5, 5.41) is 17.8. The number of carbonyl (C=O) groups is 2. The van der Waals surface area contributed by atoms with Gasteiger partial charge in [0, 0.05) is 12.8 Å². The lowest BCUT2D eigenvalue weighted by atomic mass is 9.61. The standard InChI is InChI=1S/C36H62O4/c1-3-5-13-19-29-25-26-32-27-30(20-15-9-7-11-17-23-35(37)38)31(21-16-10-8-12-18-24-36(39)40)28-34(32)33(29)22-14-6-4-2/h25-26,28-30,32-34H,3-24,27H2,1-2H3,(H,37,38)(H,39,40). The minimum absolute atomic E-state index is 0.305. The Bertz CT molecular complexity index is 754. The quantitative estimate of drug-likeness (QED) is 0.0912. The summed E-state index contributed by atoms with van der Waals surface area (Å²) in [4.78, 5) is 21.6. The van der Waals surface area contributed by atoms with E-state index in [1.807, 2.05) is 0 Å². The van der Waals surface area contributed by atoms with Gasteiger partial charge < -0.3 is 10.2 Å². The van der Waals surface area contributed by atoms with E-state index in [4.69, 9.17) is 10.2 Å². The van der Waals surface area contributed by atoms with Crippen molar-refractivity contribution in [3.63, 3.8) is 0 Å². The molecule has 0 aromatic rings. The summed E-state index contributed by atoms with van der Waals surface area (Å²) in [6, 6.07) is 0. The van der Waals surface area contributed by atoms with Gasteiger partial charge in [-0.1, -0.05) is 121 Å². The van der Waals surface area contributed by atoms with Crippen LogP contribution in [0.15, 0.2) is 23.8 Å². The van der Waals surface area contributed by atoms with Crippen molar-refractivity contribution >= 4 is 11.9 Å². The monoisotopic (exact) mass is 558 g/mol. The van der Waals surface area contributed by atoms with Crippen molar-refractivity contribution in [1.82, 2.24) is 0 Å². The lowest BCUT2D eigenvalue weighted by Crippen LogP contribution is -2.35. The van der Waals surface area contributed by atoms with E-state index in [-0.39, 0.29) is 0 Å². The molecular formula is C36H62O4. The molecule has 0 aliphatic heterocycles. The number of hydrogen-bond acceptors (Lipinski definition) is 2. The Hall–Kier alpha value is -1.58. The van der Waals surface area contributed by atoms with Crippen molar-refractivity contribution in [1.29, 1.82) is 0 Å². The van der Waals surface area contributed by atoms with Crippen LogP contribution in [-0.4, -0.2) is 22.2 Å². The van der Waals surface area contributed by atoms with Crippen LogP contribution in [0.4, 0.5) is 0 Å². The Morgan fingerprint density at radius 1 is 0.675 bits per heavy atom. The van der Waals surface area contributed by atoms with Gasteiger partial charge in [-0.15, -0.1) is 0 Å². The summed E-state index contributed by atoms with van der Waals surface area (Å²) >= 11 is 0. The van der Waals surface area contributed by atoms with Gasteiger partial charge in [-0.05, 0) is 81.0 Å². The third kappa shape index (κ3) is 13.9. The maximum atomic E-state index is 10.8. The molecule has 5 atom stereocenters. The van der Waals surface area contributed by atoms with Crippen molar-refractivity contribution in [2.75, 3.05) is 0 Å². The normalized spacial score (nSPS) is 24.1. The van der Waals surface area contributed by atoms with Crippen LogP contribution < -0.4 is 0 Å². The lowest BCUT2D eigenvalue weighted by Gasteiger charge is -2.44. The number of rotatable bonds is 24. The van der Waals surface area contributed by atoms with E-state index in [0.717, 1.165) is 50.4 Å². The Labute approximate surface area is 246 Å². The van der Waals surface area contributed by atoms with Crippen LogP contribution in [0.25, 0.3) is 0 Å². The Balaban J connectivity index is 2.02. The Morgan fingerprint density at radius 3 is 1.85 bits per heavy atom. The van der Waals surface area contributed by atoms with Gasteiger partial charge in [-0.3, -0.25) is 9.59 Å². The van der Waals surface area contributed by atoms with E-state index in [2.05, 4.69) is 32.1 Å². The second kappa shape index (κ2) is 21.2. The highest BCUT2D eigenvalue weighted by molar-refractivity contribution is 5.66. The van der Waals surface area contributed by atoms with E-state index in [1.54, 1.807) is 5.57 Å². The summed E-state index contributed by atoms with van der Waals surface area (Å²) in [5.41, 5.74) is 1.74. The minimum Gasteiger partial charge on any atom is -0.481 e. The van der Waals surface area contributed by atoms with Gasteiger partial charge in [0.2, 0.25) is 0 Å². The van der Waals surface area contributed by atoms with Crippen LogP contribution >= 0.6 is 0 Å². The molecule has 0 bridgehead atoms. The third-order valence-corrected chi connectivity index (χ3v) is 9.71. The summed E-state index contributed by atoms with van der Waals surface area (Å²) in [7, 11) is 0. The number of fused-ring (bicyclic) bond motifs is 1. The van der Waals surface area contributed by atoms with E-state index in [0.29, 0.717) is 30.6 Å². The first-order valence-corrected chi connectivity index (χ1v) is 17.3. The van der Waals surface area contributed by atoms with Gasteiger partial charge in [0.15, 0.2) is 0 Å². The molecule has 230 valence electrons. The second-order valence-electron chi connectivity index (χ2n) is 13.0. The van der Waals surface area contributed by atoms with Gasteiger partial charge >= 0.3 is 11.9 Å². The van der Waals surface area contributed by atoms with Gasteiger partial charge in [0.05, 0.1) is 0 Å². The molecule has 4 heteroatoms. The minimum atomic E-state index is -0.672. The molecule has 2 aliphatic carbocycles. The number of carboxylic acid groups (broad SMARTS) is 2. The molecule has 0 fully saturated rings. The predicted molar refractivity (Wildman–Crippen MR) is 167 cm³/mol. The second-order valence-corrected chi connectivity index (χ2v) is 13.0. The van der Waals surface area contributed by atoms with E-state index >= 15 is 0 Å². The molecule has 2 rings (SSSR count). The van der Waals surface area contributed by atoms with Gasteiger partial charge in [-0.2, -0.15) is 0 Å². The van der Waals surface area contributed by atoms with Crippen LogP contribution in [0.2, 0.25) is 0 Å². The number of aliphatic carboxylic acids is 2. The molecule has 0 saturated carbocycles. The summed E-state index contributed by atoms with van der Waals surface area (Å²) in [6.07, 6.45) is 34.1. The molecule has 40 heavy (non-hydrogen) atoms. The van der Waals surface area contributed by atoms with Crippen LogP contribution in [0.1, 0.15) is 162 Å². The van der Waals surface area contributed by atoms with Crippen molar-refractivity contribution in [3.05, 3.63) is 23.8 Å². The van der Waals surface area contributed by atoms with Crippen molar-refractivity contribution in [2.45, 2.75) is 162 Å². The fraction of sp³-hybridized carbons (Fsp3) is 0.833.